The van der Waals surface area contributed by atoms with E-state index in [9.17, 15) is 9.59 Å². The van der Waals surface area contributed by atoms with E-state index in [-0.39, 0.29) is 23.2 Å². The number of anilines is 1. The van der Waals surface area contributed by atoms with Crippen LogP contribution >= 0.6 is 39.0 Å². The van der Waals surface area contributed by atoms with Crippen molar-refractivity contribution >= 4 is 61.4 Å². The van der Waals surface area contributed by atoms with Crippen LogP contribution in [0.2, 0.25) is 0 Å². The van der Waals surface area contributed by atoms with Gasteiger partial charge in [-0.15, -0.1) is 11.8 Å². The number of nitrogens with one attached hydrogen (secondary N) is 1. The highest BCUT2D eigenvalue weighted by molar-refractivity contribution is 9.10. The van der Waals surface area contributed by atoms with Crippen LogP contribution in [0.3, 0.4) is 0 Å². The van der Waals surface area contributed by atoms with E-state index in [1.807, 2.05) is 48.2 Å². The lowest BCUT2D eigenvalue weighted by molar-refractivity contribution is -0.116. The van der Waals surface area contributed by atoms with Crippen molar-refractivity contribution in [3.63, 3.8) is 0 Å². The molecule has 7 heteroatoms. The van der Waals surface area contributed by atoms with Gasteiger partial charge in [0.15, 0.2) is 0 Å². The van der Waals surface area contributed by atoms with Crippen LogP contribution in [0, 0.1) is 17.8 Å². The number of hydrogen-bond donors (Lipinski definition) is 1. The highest BCUT2D eigenvalue weighted by Crippen LogP contribution is 2.64. The van der Waals surface area contributed by atoms with Crippen LogP contribution < -0.4 is 10.2 Å². The van der Waals surface area contributed by atoms with Gasteiger partial charge in [0.05, 0.1) is 5.03 Å². The second kappa shape index (κ2) is 8.89. The van der Waals surface area contributed by atoms with Gasteiger partial charge in [0, 0.05) is 26.2 Å². The van der Waals surface area contributed by atoms with Crippen LogP contribution in [0.15, 0.2) is 81.0 Å². The molecule has 3 aliphatic rings. The first-order valence-electron chi connectivity index (χ1n) is 12.5. The molecule has 36 heavy (non-hydrogen) atoms. The Bertz CT molecular complexity index is 1540. The second-order valence-electron chi connectivity index (χ2n) is 10.3. The molecule has 2 bridgehead atoms. The fourth-order valence-electron chi connectivity index (χ4n) is 6.74. The minimum absolute atomic E-state index is 0.0319. The number of carbonyl (C=O) groups excluding carboxylic acids is 1. The number of nitrogens with zero attached hydrogens (tertiary/aromatic N) is 1. The molecular formula is C29H25BrN2O2S2. The van der Waals surface area contributed by atoms with Crippen LogP contribution in [0.5, 0.6) is 0 Å². The van der Waals surface area contributed by atoms with E-state index >= 15 is 0 Å². The molecule has 5 atom stereocenters. The molecule has 7 rings (SSSR count). The van der Waals surface area contributed by atoms with Crippen molar-refractivity contribution in [3.8, 4) is 0 Å². The molecular weight excluding hydrogens is 552 g/mol. The largest absolute Gasteiger partial charge is 0.325 e. The van der Waals surface area contributed by atoms with Gasteiger partial charge in [0.1, 0.15) is 6.54 Å². The molecule has 0 spiro atoms. The van der Waals surface area contributed by atoms with Crippen molar-refractivity contribution in [1.82, 2.24) is 4.57 Å². The Morgan fingerprint density at radius 2 is 1.78 bits per heavy atom. The third kappa shape index (κ3) is 3.78. The van der Waals surface area contributed by atoms with Crippen LogP contribution in [-0.4, -0.2) is 15.7 Å². The highest BCUT2D eigenvalue weighted by atomic mass is 79.9. The molecule has 0 saturated heterocycles. The first-order valence-corrected chi connectivity index (χ1v) is 15.0. The Kier molecular flexibility index (Phi) is 5.64. The Hall–Kier alpha value is -2.35. The third-order valence-corrected chi connectivity index (χ3v) is 11.6. The van der Waals surface area contributed by atoms with Crippen molar-refractivity contribution in [2.45, 2.75) is 42.0 Å². The number of carbonyl (C=O) groups is 1. The van der Waals surface area contributed by atoms with Crippen LogP contribution in [-0.2, 0) is 11.3 Å². The molecule has 1 amide bonds. The Morgan fingerprint density at radius 1 is 1.00 bits per heavy atom. The molecule has 4 aromatic rings. The Labute approximate surface area is 226 Å². The zero-order valence-corrected chi connectivity index (χ0v) is 22.7. The maximum atomic E-state index is 13.3. The summed E-state index contributed by atoms with van der Waals surface area (Å²) < 4.78 is 2.80. The number of halogens is 1. The average Bonchev–Trinajstić information content (AvgIpc) is 3.58. The number of thioether (sulfide) groups is 1. The molecule has 2 saturated carbocycles. The van der Waals surface area contributed by atoms with E-state index in [1.54, 1.807) is 4.57 Å². The molecule has 2 heterocycles. The first kappa shape index (κ1) is 22.8. The molecule has 4 unspecified atom stereocenters. The molecule has 1 N–H and O–H groups in total. The Balaban J connectivity index is 1.22. The predicted molar refractivity (Wildman–Crippen MR) is 151 cm³/mol. The summed E-state index contributed by atoms with van der Waals surface area (Å²) in [5.74, 6) is 2.09. The van der Waals surface area contributed by atoms with E-state index in [1.165, 1.54) is 36.2 Å². The van der Waals surface area contributed by atoms with Gasteiger partial charge in [-0.3, -0.25) is 14.2 Å². The quantitative estimate of drug-likeness (QED) is 0.281. The number of aromatic nitrogens is 1. The number of rotatable bonds is 4. The summed E-state index contributed by atoms with van der Waals surface area (Å²) in [6, 6.07) is 22.6. The summed E-state index contributed by atoms with van der Waals surface area (Å²) in [6.07, 6.45) is 3.90. The molecule has 1 aromatic heterocycles. The highest BCUT2D eigenvalue weighted by Gasteiger charge is 2.55. The van der Waals surface area contributed by atoms with Crippen LogP contribution in [0.4, 0.5) is 5.69 Å². The number of hydrogen-bond acceptors (Lipinski definition) is 4. The van der Waals surface area contributed by atoms with Crippen molar-refractivity contribution in [2.75, 3.05) is 5.32 Å². The third-order valence-electron chi connectivity index (χ3n) is 8.25. The number of fused-ring (bicyclic) bond motifs is 7. The lowest BCUT2D eigenvalue weighted by Crippen LogP contribution is -2.34. The van der Waals surface area contributed by atoms with E-state index in [4.69, 9.17) is 0 Å². The Morgan fingerprint density at radius 3 is 2.61 bits per heavy atom. The topological polar surface area (TPSA) is 51.1 Å². The van der Waals surface area contributed by atoms with E-state index < -0.39 is 0 Å². The summed E-state index contributed by atoms with van der Waals surface area (Å²) in [6.45, 7) is 0.0447. The zero-order valence-electron chi connectivity index (χ0n) is 19.5. The smallest absolute Gasteiger partial charge is 0.308 e. The summed E-state index contributed by atoms with van der Waals surface area (Å²) in [5.41, 5.74) is 2.04. The van der Waals surface area contributed by atoms with Crippen LogP contribution in [0.25, 0.3) is 10.8 Å². The predicted octanol–water partition coefficient (Wildman–Crippen LogP) is 7.12. The molecule has 182 valence electrons. The number of thiazole rings is 1. The molecule has 4 nitrogen and oxygen atoms in total. The number of benzene rings is 3. The van der Waals surface area contributed by atoms with Crippen molar-refractivity contribution < 1.29 is 4.79 Å². The summed E-state index contributed by atoms with van der Waals surface area (Å²) in [5, 5.41) is 6.77. The van der Waals surface area contributed by atoms with Crippen molar-refractivity contribution in [1.29, 1.82) is 0 Å². The van der Waals surface area contributed by atoms with E-state index in [0.29, 0.717) is 17.1 Å². The van der Waals surface area contributed by atoms with Gasteiger partial charge in [0.25, 0.3) is 0 Å². The minimum Gasteiger partial charge on any atom is -0.325 e. The summed E-state index contributed by atoms with van der Waals surface area (Å²) in [4.78, 5) is 27.5. The van der Waals surface area contributed by atoms with Gasteiger partial charge in [-0.2, -0.15) is 0 Å². The van der Waals surface area contributed by atoms with Crippen molar-refractivity contribution in [2.24, 2.45) is 17.8 Å². The fraction of sp³-hybridized carbons (Fsp3) is 0.310. The normalized spacial score (nSPS) is 26.1. The standard InChI is InChI=1S/C29H25BrN2O2S2/c30-21-10-7-17(8-11-21)24-25-19-5-6-20(13-19)26(25)35-28-27(24)36-29(34)32(28)15-23(33)31-22-12-9-16-3-1-2-4-18(16)14-22/h1-4,7-12,14,19-20,24-26H,5-6,13,15H2,(H,31,33)/t19?,20?,24-,25?,26?/m0/s1. The summed E-state index contributed by atoms with van der Waals surface area (Å²) in [7, 11) is 0. The van der Waals surface area contributed by atoms with Gasteiger partial charge in [-0.25, -0.2) is 0 Å². The molecule has 3 aromatic carbocycles. The lowest BCUT2D eigenvalue weighted by Gasteiger charge is -2.40. The average molecular weight is 578 g/mol. The fourth-order valence-corrected chi connectivity index (χ4v) is 10.2. The molecule has 1 aliphatic heterocycles. The summed E-state index contributed by atoms with van der Waals surface area (Å²) >= 11 is 6.79. The molecule has 0 radical (unpaired) electrons. The lowest BCUT2D eigenvalue weighted by atomic mass is 9.75. The SMILES string of the molecule is O=C(Cn1c2c(sc1=O)[C@@H](c1ccc(Br)cc1)C1C3CCC(C3)C1S2)Nc1ccc2ccccc2c1. The zero-order chi connectivity index (χ0) is 24.4. The van der Waals surface area contributed by atoms with Crippen LogP contribution in [0.1, 0.15) is 35.6 Å². The molecule has 2 aliphatic carbocycles. The number of amides is 1. The van der Waals surface area contributed by atoms with Gasteiger partial charge >= 0.3 is 4.87 Å². The van der Waals surface area contributed by atoms with Gasteiger partial charge in [0.2, 0.25) is 5.91 Å². The maximum absolute atomic E-state index is 13.3. The van der Waals surface area contributed by atoms with Gasteiger partial charge in [-0.1, -0.05) is 69.7 Å². The maximum Gasteiger partial charge on any atom is 0.308 e. The van der Waals surface area contributed by atoms with E-state index in [0.717, 1.165) is 36.8 Å². The van der Waals surface area contributed by atoms with E-state index in [2.05, 4.69) is 51.6 Å². The minimum atomic E-state index is -0.163. The van der Waals surface area contributed by atoms with Gasteiger partial charge in [-0.05, 0) is 77.6 Å². The van der Waals surface area contributed by atoms with Gasteiger partial charge < -0.3 is 5.32 Å². The monoisotopic (exact) mass is 576 g/mol. The second-order valence-corrected chi connectivity index (χ2v) is 13.3. The first-order chi connectivity index (χ1) is 17.5. The van der Waals surface area contributed by atoms with Crippen molar-refractivity contribution in [3.05, 3.63) is 91.3 Å². The molecule has 2 fully saturated rings.